The lowest BCUT2D eigenvalue weighted by Crippen LogP contribution is -2.11. The summed E-state index contributed by atoms with van der Waals surface area (Å²) in [6, 6.07) is 22.3. The van der Waals surface area contributed by atoms with Gasteiger partial charge in [0.05, 0.1) is 19.9 Å². The summed E-state index contributed by atoms with van der Waals surface area (Å²) in [6.45, 7) is 0. The van der Waals surface area contributed by atoms with Crippen molar-refractivity contribution in [3.63, 3.8) is 0 Å². The third kappa shape index (κ3) is 5.02. The van der Waals surface area contributed by atoms with Crippen LogP contribution >= 0.6 is 11.3 Å². The molecular formula is C24H21N3O3S. The number of thiazole rings is 1. The SMILES string of the molecule is COc1cccc(Nc2nc(-c3ccc(NC(=O)c4cccc(OC)c4)cc3)cs2)c1. The van der Waals surface area contributed by atoms with Crippen LogP contribution in [0.4, 0.5) is 16.5 Å². The molecule has 0 unspecified atom stereocenters. The number of aromatic nitrogens is 1. The van der Waals surface area contributed by atoms with Crippen molar-refractivity contribution >= 4 is 33.8 Å². The highest BCUT2D eigenvalue weighted by atomic mass is 32.1. The minimum Gasteiger partial charge on any atom is -0.497 e. The number of hydrogen-bond acceptors (Lipinski definition) is 6. The standard InChI is InChI=1S/C24H21N3O3S/c1-29-20-7-3-5-17(13-20)23(28)25-18-11-9-16(10-12-18)22-15-31-24(27-22)26-19-6-4-8-21(14-19)30-2/h3-15H,1-2H3,(H,25,28)(H,26,27). The number of hydrogen-bond donors (Lipinski definition) is 2. The fraction of sp³-hybridized carbons (Fsp3) is 0.0833. The van der Waals surface area contributed by atoms with Crippen LogP contribution < -0.4 is 20.1 Å². The zero-order valence-electron chi connectivity index (χ0n) is 17.1. The van der Waals surface area contributed by atoms with Gasteiger partial charge in [-0.1, -0.05) is 24.3 Å². The van der Waals surface area contributed by atoms with Crippen molar-refractivity contribution < 1.29 is 14.3 Å². The van der Waals surface area contributed by atoms with E-state index >= 15 is 0 Å². The van der Waals surface area contributed by atoms with Gasteiger partial charge in [0.25, 0.3) is 5.91 Å². The molecule has 1 amide bonds. The van der Waals surface area contributed by atoms with E-state index in [4.69, 9.17) is 9.47 Å². The number of nitrogens with one attached hydrogen (secondary N) is 2. The minimum absolute atomic E-state index is 0.190. The molecular weight excluding hydrogens is 410 g/mol. The summed E-state index contributed by atoms with van der Waals surface area (Å²) in [5.74, 6) is 1.24. The average molecular weight is 432 g/mol. The van der Waals surface area contributed by atoms with Crippen LogP contribution in [0.3, 0.4) is 0 Å². The maximum Gasteiger partial charge on any atom is 0.255 e. The van der Waals surface area contributed by atoms with Gasteiger partial charge in [0, 0.05) is 33.9 Å². The summed E-state index contributed by atoms with van der Waals surface area (Å²) in [4.78, 5) is 17.1. The van der Waals surface area contributed by atoms with Crippen molar-refractivity contribution in [2.75, 3.05) is 24.9 Å². The number of ether oxygens (including phenoxy) is 2. The maximum atomic E-state index is 12.5. The first-order valence-electron chi connectivity index (χ1n) is 9.57. The number of nitrogens with zero attached hydrogens (tertiary/aromatic N) is 1. The van der Waals surface area contributed by atoms with Crippen LogP contribution in [-0.4, -0.2) is 25.1 Å². The summed E-state index contributed by atoms with van der Waals surface area (Å²) in [5.41, 5.74) is 3.99. The van der Waals surface area contributed by atoms with Crippen molar-refractivity contribution in [1.82, 2.24) is 4.98 Å². The largest absolute Gasteiger partial charge is 0.497 e. The van der Waals surface area contributed by atoms with E-state index in [9.17, 15) is 4.79 Å². The van der Waals surface area contributed by atoms with Gasteiger partial charge in [0.15, 0.2) is 5.13 Å². The van der Waals surface area contributed by atoms with Crippen molar-refractivity contribution in [1.29, 1.82) is 0 Å². The van der Waals surface area contributed by atoms with Gasteiger partial charge in [-0.25, -0.2) is 4.98 Å². The molecule has 0 radical (unpaired) electrons. The van der Waals surface area contributed by atoms with Crippen LogP contribution in [0.15, 0.2) is 78.2 Å². The van der Waals surface area contributed by atoms with E-state index in [0.717, 1.165) is 27.8 Å². The average Bonchev–Trinajstić information content (AvgIpc) is 3.28. The molecule has 0 saturated carbocycles. The predicted octanol–water partition coefficient (Wildman–Crippen LogP) is 5.82. The highest BCUT2D eigenvalue weighted by molar-refractivity contribution is 7.14. The van der Waals surface area contributed by atoms with Gasteiger partial charge in [-0.15, -0.1) is 11.3 Å². The molecule has 0 spiro atoms. The van der Waals surface area contributed by atoms with Gasteiger partial charge in [-0.05, 0) is 42.5 Å². The van der Waals surface area contributed by atoms with Gasteiger partial charge in [0.2, 0.25) is 0 Å². The van der Waals surface area contributed by atoms with Crippen LogP contribution in [0.25, 0.3) is 11.3 Å². The molecule has 0 aliphatic rings. The molecule has 0 aliphatic carbocycles. The van der Waals surface area contributed by atoms with Crippen molar-refractivity contribution in [3.05, 3.63) is 83.7 Å². The van der Waals surface area contributed by atoms with Crippen molar-refractivity contribution in [2.24, 2.45) is 0 Å². The normalized spacial score (nSPS) is 10.4. The van der Waals surface area contributed by atoms with Crippen LogP contribution in [0.2, 0.25) is 0 Å². The van der Waals surface area contributed by atoms with E-state index in [0.29, 0.717) is 17.0 Å². The molecule has 0 bridgehead atoms. The lowest BCUT2D eigenvalue weighted by Gasteiger charge is -2.07. The molecule has 3 aromatic carbocycles. The van der Waals surface area contributed by atoms with Crippen LogP contribution in [-0.2, 0) is 0 Å². The van der Waals surface area contributed by atoms with Gasteiger partial charge in [0.1, 0.15) is 11.5 Å². The molecule has 1 aromatic heterocycles. The third-order valence-corrected chi connectivity index (χ3v) is 5.35. The van der Waals surface area contributed by atoms with Crippen molar-refractivity contribution in [2.45, 2.75) is 0 Å². The Kier molecular flexibility index (Phi) is 6.14. The summed E-state index contributed by atoms with van der Waals surface area (Å²) in [6.07, 6.45) is 0. The molecule has 0 saturated heterocycles. The van der Waals surface area contributed by atoms with E-state index in [1.54, 1.807) is 38.5 Å². The number of rotatable bonds is 7. The molecule has 4 rings (SSSR count). The summed E-state index contributed by atoms with van der Waals surface area (Å²) < 4.78 is 10.4. The first kappa shape index (κ1) is 20.4. The monoisotopic (exact) mass is 431 g/mol. The number of amides is 1. The van der Waals surface area contributed by atoms with Crippen LogP contribution in [0, 0.1) is 0 Å². The van der Waals surface area contributed by atoms with Gasteiger partial charge in [-0.3, -0.25) is 4.79 Å². The molecule has 4 aromatic rings. The summed E-state index contributed by atoms with van der Waals surface area (Å²) in [5, 5.41) is 8.98. The predicted molar refractivity (Wildman–Crippen MR) is 125 cm³/mol. The van der Waals surface area contributed by atoms with Gasteiger partial charge < -0.3 is 20.1 Å². The lowest BCUT2D eigenvalue weighted by atomic mass is 10.1. The number of carbonyl (C=O) groups is 1. The quantitative estimate of drug-likeness (QED) is 0.386. The fourth-order valence-corrected chi connectivity index (χ4v) is 3.72. The van der Waals surface area contributed by atoms with Crippen molar-refractivity contribution in [3.8, 4) is 22.8 Å². The van der Waals surface area contributed by atoms with Crippen LogP contribution in [0.1, 0.15) is 10.4 Å². The second-order valence-corrected chi connectivity index (χ2v) is 7.52. The van der Waals surface area contributed by atoms with E-state index in [-0.39, 0.29) is 5.91 Å². The Bertz CT molecular complexity index is 1190. The Hall–Kier alpha value is -3.84. The Morgan fingerprint density at radius 2 is 1.58 bits per heavy atom. The Morgan fingerprint density at radius 1 is 0.871 bits per heavy atom. The summed E-state index contributed by atoms with van der Waals surface area (Å²) >= 11 is 1.52. The Balaban J connectivity index is 1.43. The van der Waals surface area contributed by atoms with Gasteiger partial charge in [-0.2, -0.15) is 0 Å². The first-order chi connectivity index (χ1) is 15.1. The highest BCUT2D eigenvalue weighted by Gasteiger charge is 2.09. The fourth-order valence-electron chi connectivity index (χ4n) is 2.98. The molecule has 0 fully saturated rings. The highest BCUT2D eigenvalue weighted by Crippen LogP contribution is 2.29. The number of benzene rings is 3. The van der Waals surface area contributed by atoms with E-state index in [2.05, 4.69) is 15.6 Å². The number of methoxy groups -OCH3 is 2. The first-order valence-corrected chi connectivity index (χ1v) is 10.4. The second kappa shape index (κ2) is 9.32. The maximum absolute atomic E-state index is 12.5. The molecule has 0 atom stereocenters. The number of carbonyl (C=O) groups excluding carboxylic acids is 1. The molecule has 6 nitrogen and oxygen atoms in total. The zero-order valence-corrected chi connectivity index (χ0v) is 17.9. The smallest absolute Gasteiger partial charge is 0.255 e. The third-order valence-electron chi connectivity index (χ3n) is 4.60. The van der Waals surface area contributed by atoms with Gasteiger partial charge >= 0.3 is 0 Å². The lowest BCUT2D eigenvalue weighted by molar-refractivity contribution is 0.102. The van der Waals surface area contributed by atoms with Crippen LogP contribution in [0.5, 0.6) is 11.5 Å². The Labute approximate surface area is 184 Å². The topological polar surface area (TPSA) is 72.5 Å². The molecule has 7 heteroatoms. The van der Waals surface area contributed by atoms with E-state index in [1.165, 1.54) is 11.3 Å². The zero-order chi connectivity index (χ0) is 21.6. The molecule has 1 heterocycles. The Morgan fingerprint density at radius 3 is 2.32 bits per heavy atom. The molecule has 31 heavy (non-hydrogen) atoms. The molecule has 156 valence electrons. The minimum atomic E-state index is -0.190. The second-order valence-electron chi connectivity index (χ2n) is 6.66. The number of anilines is 3. The molecule has 0 aliphatic heterocycles. The molecule has 2 N–H and O–H groups in total. The summed E-state index contributed by atoms with van der Waals surface area (Å²) in [7, 11) is 3.22. The van der Waals surface area contributed by atoms with E-state index < -0.39 is 0 Å². The van der Waals surface area contributed by atoms with E-state index in [1.807, 2.05) is 53.9 Å².